The minimum atomic E-state index is -0.858. The normalized spacial score (nSPS) is 18.8. The maximum atomic E-state index is 14.1. The molecule has 0 bridgehead atoms. The zero-order valence-corrected chi connectivity index (χ0v) is 18.9. The summed E-state index contributed by atoms with van der Waals surface area (Å²) in [5, 5.41) is 2.09. The first kappa shape index (κ1) is 21.8. The summed E-state index contributed by atoms with van der Waals surface area (Å²) in [6.07, 6.45) is 1.91. The van der Waals surface area contributed by atoms with Gasteiger partial charge in [-0.1, -0.05) is 30.3 Å². The highest BCUT2D eigenvalue weighted by molar-refractivity contribution is 7.10. The van der Waals surface area contributed by atoms with Crippen LogP contribution in [0.5, 0.6) is 0 Å². The fourth-order valence-corrected chi connectivity index (χ4v) is 5.85. The van der Waals surface area contributed by atoms with Crippen molar-refractivity contribution in [3.05, 3.63) is 93.2 Å². The van der Waals surface area contributed by atoms with Crippen molar-refractivity contribution in [2.45, 2.75) is 25.3 Å². The van der Waals surface area contributed by atoms with Crippen molar-refractivity contribution in [1.29, 1.82) is 0 Å². The molecule has 3 aromatic rings. The second kappa shape index (κ2) is 9.06. The number of amides is 2. The Morgan fingerprint density at radius 3 is 2.42 bits per heavy atom. The standard InChI is InChI=1S/C26H24F2N2O2S/c27-19-6-7-20(22(28)16-19)26(32)29-12-8-18(9-13-29)25(31)30-14-10-23-21(11-15-33-23)24(30)17-4-2-1-3-5-17/h1-7,11,15-16,18,24H,8-10,12-14H2. The van der Waals surface area contributed by atoms with Crippen molar-refractivity contribution in [2.24, 2.45) is 5.92 Å². The van der Waals surface area contributed by atoms with Crippen LogP contribution in [0.4, 0.5) is 8.78 Å². The molecule has 1 saturated heterocycles. The molecule has 4 nitrogen and oxygen atoms in total. The lowest BCUT2D eigenvalue weighted by atomic mass is 9.89. The molecule has 0 radical (unpaired) electrons. The van der Waals surface area contributed by atoms with E-state index in [0.717, 1.165) is 24.1 Å². The quantitative estimate of drug-likeness (QED) is 0.542. The van der Waals surface area contributed by atoms with E-state index in [9.17, 15) is 18.4 Å². The van der Waals surface area contributed by atoms with Crippen LogP contribution < -0.4 is 0 Å². The van der Waals surface area contributed by atoms with E-state index < -0.39 is 17.5 Å². The number of halogens is 2. The van der Waals surface area contributed by atoms with E-state index in [0.29, 0.717) is 32.5 Å². The molecule has 5 rings (SSSR count). The first-order chi connectivity index (χ1) is 16.0. The molecule has 0 spiro atoms. The minimum Gasteiger partial charge on any atom is -0.339 e. The summed E-state index contributed by atoms with van der Waals surface area (Å²) in [6.45, 7) is 1.42. The maximum absolute atomic E-state index is 14.1. The zero-order valence-electron chi connectivity index (χ0n) is 18.0. The van der Waals surface area contributed by atoms with E-state index in [1.165, 1.54) is 16.5 Å². The number of piperidine rings is 1. The number of likely N-dealkylation sites (tertiary alicyclic amines) is 1. The number of fused-ring (bicyclic) bond motifs is 1. The Balaban J connectivity index is 1.31. The third-order valence-electron chi connectivity index (χ3n) is 6.66. The molecule has 1 aromatic heterocycles. The molecule has 33 heavy (non-hydrogen) atoms. The predicted octanol–water partition coefficient (Wildman–Crippen LogP) is 5.05. The molecule has 2 aliphatic rings. The summed E-state index contributed by atoms with van der Waals surface area (Å²) in [4.78, 5) is 31.2. The van der Waals surface area contributed by atoms with Gasteiger partial charge in [0.05, 0.1) is 11.6 Å². The average Bonchev–Trinajstić information content (AvgIpc) is 3.32. The van der Waals surface area contributed by atoms with Gasteiger partial charge in [-0.3, -0.25) is 9.59 Å². The first-order valence-corrected chi connectivity index (χ1v) is 12.1. The number of thiophene rings is 1. The van der Waals surface area contributed by atoms with Crippen molar-refractivity contribution in [1.82, 2.24) is 9.80 Å². The molecule has 2 aliphatic heterocycles. The fourth-order valence-electron chi connectivity index (χ4n) is 4.95. The molecule has 1 fully saturated rings. The smallest absolute Gasteiger partial charge is 0.256 e. The molecule has 7 heteroatoms. The predicted molar refractivity (Wildman–Crippen MR) is 123 cm³/mol. The van der Waals surface area contributed by atoms with E-state index >= 15 is 0 Å². The molecule has 2 amide bonds. The summed E-state index contributed by atoms with van der Waals surface area (Å²) in [5.41, 5.74) is 2.17. The van der Waals surface area contributed by atoms with E-state index in [-0.39, 0.29) is 23.4 Å². The number of carbonyl (C=O) groups is 2. The average molecular weight is 467 g/mol. The second-order valence-electron chi connectivity index (χ2n) is 8.58. The van der Waals surface area contributed by atoms with Gasteiger partial charge < -0.3 is 9.80 Å². The van der Waals surface area contributed by atoms with Crippen LogP contribution in [0.15, 0.2) is 60.0 Å². The SMILES string of the molecule is O=C(c1ccc(F)cc1F)N1CCC(C(=O)N2CCc3sccc3C2c2ccccc2)CC1. The number of hydrogen-bond acceptors (Lipinski definition) is 3. The van der Waals surface area contributed by atoms with Crippen molar-refractivity contribution in [3.8, 4) is 0 Å². The van der Waals surface area contributed by atoms with Crippen molar-refractivity contribution in [2.75, 3.05) is 19.6 Å². The minimum absolute atomic E-state index is 0.0957. The number of carbonyl (C=O) groups excluding carboxylic acids is 2. The molecule has 0 aliphatic carbocycles. The van der Waals surface area contributed by atoms with Crippen molar-refractivity contribution in [3.63, 3.8) is 0 Å². The highest BCUT2D eigenvalue weighted by Crippen LogP contribution is 2.39. The van der Waals surface area contributed by atoms with Crippen LogP contribution in [0.3, 0.4) is 0 Å². The van der Waals surface area contributed by atoms with Crippen LogP contribution in [-0.4, -0.2) is 41.2 Å². The number of hydrogen-bond donors (Lipinski definition) is 0. The van der Waals surface area contributed by atoms with E-state index in [1.807, 2.05) is 23.1 Å². The van der Waals surface area contributed by atoms with Crippen LogP contribution in [0, 0.1) is 17.6 Å². The molecule has 170 valence electrons. The zero-order chi connectivity index (χ0) is 22.9. The van der Waals surface area contributed by atoms with Crippen LogP contribution >= 0.6 is 11.3 Å². The monoisotopic (exact) mass is 466 g/mol. The summed E-state index contributed by atoms with van der Waals surface area (Å²) < 4.78 is 27.2. The first-order valence-electron chi connectivity index (χ1n) is 11.2. The van der Waals surface area contributed by atoms with Gasteiger partial charge in [-0.15, -0.1) is 11.3 Å². The fraction of sp³-hybridized carbons (Fsp3) is 0.308. The number of rotatable bonds is 3. The summed E-state index contributed by atoms with van der Waals surface area (Å²) >= 11 is 1.74. The van der Waals surface area contributed by atoms with Gasteiger partial charge in [-0.25, -0.2) is 8.78 Å². The van der Waals surface area contributed by atoms with Crippen LogP contribution in [-0.2, 0) is 11.2 Å². The molecule has 3 heterocycles. The highest BCUT2D eigenvalue weighted by atomic mass is 32.1. The van der Waals surface area contributed by atoms with Gasteiger partial charge in [0, 0.05) is 36.5 Å². The van der Waals surface area contributed by atoms with E-state index in [2.05, 4.69) is 23.6 Å². The van der Waals surface area contributed by atoms with Gasteiger partial charge in [0.1, 0.15) is 11.6 Å². The molecule has 0 saturated carbocycles. The lowest BCUT2D eigenvalue weighted by Crippen LogP contribution is -2.47. The molecular formula is C26H24F2N2O2S. The molecule has 0 N–H and O–H groups in total. The van der Waals surface area contributed by atoms with E-state index in [1.54, 1.807) is 16.2 Å². The largest absolute Gasteiger partial charge is 0.339 e. The second-order valence-corrected chi connectivity index (χ2v) is 9.59. The summed E-state index contributed by atoms with van der Waals surface area (Å²) in [5.74, 6) is -2.10. The third-order valence-corrected chi connectivity index (χ3v) is 7.65. The van der Waals surface area contributed by atoms with Gasteiger partial charge >= 0.3 is 0 Å². The van der Waals surface area contributed by atoms with Gasteiger partial charge in [-0.05, 0) is 54.0 Å². The Bertz CT molecular complexity index is 1170. The summed E-state index contributed by atoms with van der Waals surface area (Å²) in [7, 11) is 0. The van der Waals surface area contributed by atoms with Gasteiger partial charge in [0.25, 0.3) is 5.91 Å². The Kier molecular flexibility index (Phi) is 5.98. The number of nitrogens with zero attached hydrogens (tertiary/aromatic N) is 2. The molecule has 1 unspecified atom stereocenters. The van der Waals surface area contributed by atoms with Crippen LogP contribution in [0.25, 0.3) is 0 Å². The van der Waals surface area contributed by atoms with E-state index in [4.69, 9.17) is 0 Å². The Hall–Kier alpha value is -3.06. The van der Waals surface area contributed by atoms with Crippen LogP contribution in [0.1, 0.15) is 45.2 Å². The Labute approximate surface area is 195 Å². The highest BCUT2D eigenvalue weighted by Gasteiger charge is 2.37. The van der Waals surface area contributed by atoms with Crippen molar-refractivity contribution >= 4 is 23.2 Å². The Morgan fingerprint density at radius 2 is 1.70 bits per heavy atom. The lowest BCUT2D eigenvalue weighted by Gasteiger charge is -2.40. The van der Waals surface area contributed by atoms with Crippen LogP contribution in [0.2, 0.25) is 0 Å². The number of benzene rings is 2. The molecule has 2 aromatic carbocycles. The van der Waals surface area contributed by atoms with Gasteiger partial charge in [0.2, 0.25) is 5.91 Å². The van der Waals surface area contributed by atoms with Gasteiger partial charge in [0.15, 0.2) is 0 Å². The maximum Gasteiger partial charge on any atom is 0.256 e. The molecule has 1 atom stereocenters. The third kappa shape index (κ3) is 4.17. The molecular weight excluding hydrogens is 442 g/mol. The van der Waals surface area contributed by atoms with Gasteiger partial charge in [-0.2, -0.15) is 0 Å². The summed E-state index contributed by atoms with van der Waals surface area (Å²) in [6, 6.07) is 15.1. The Morgan fingerprint density at radius 1 is 0.939 bits per heavy atom. The topological polar surface area (TPSA) is 40.6 Å². The van der Waals surface area contributed by atoms with Crippen molar-refractivity contribution < 1.29 is 18.4 Å². The lowest BCUT2D eigenvalue weighted by molar-refractivity contribution is -0.139.